The van der Waals surface area contributed by atoms with Gasteiger partial charge in [-0.15, -0.1) is 0 Å². The van der Waals surface area contributed by atoms with E-state index in [-0.39, 0.29) is 6.61 Å². The zero-order valence-corrected chi connectivity index (χ0v) is 20.1. The zero-order valence-electron chi connectivity index (χ0n) is 20.1. The van der Waals surface area contributed by atoms with Crippen molar-refractivity contribution < 1.29 is 5.11 Å². The average molecular weight is 463 g/mol. The Morgan fingerprint density at radius 1 is 0.853 bits per heavy atom. The van der Waals surface area contributed by atoms with E-state index in [1.807, 2.05) is 22.9 Å². The first-order valence-electron chi connectivity index (χ1n) is 12.2. The smallest absolute Gasteiger partial charge is 0.172 e. The Bertz CT molecular complexity index is 1090. The average Bonchev–Trinajstić information content (AvgIpc) is 3.18. The summed E-state index contributed by atoms with van der Waals surface area (Å²) in [7, 11) is 0. The van der Waals surface area contributed by atoms with Crippen molar-refractivity contribution in [3.63, 3.8) is 0 Å². The number of aliphatic hydroxyl groups excluding tert-OH is 1. The number of piperidine rings is 1. The SMILES string of the molecule is Cc1nn(-c2ccccn2)c(C)c1CN1CCN(c2nccnc2N2CCC(CO)CC2)CC1. The van der Waals surface area contributed by atoms with Crippen LogP contribution in [-0.4, -0.2) is 80.6 Å². The van der Waals surface area contributed by atoms with Gasteiger partial charge >= 0.3 is 0 Å². The number of anilines is 2. The van der Waals surface area contributed by atoms with Gasteiger partial charge in [0, 0.05) is 82.3 Å². The van der Waals surface area contributed by atoms with Crippen molar-refractivity contribution in [1.29, 1.82) is 0 Å². The molecule has 180 valence electrons. The second-order valence-electron chi connectivity index (χ2n) is 9.33. The summed E-state index contributed by atoms with van der Waals surface area (Å²) in [5.74, 6) is 3.24. The molecule has 0 atom stereocenters. The molecule has 2 fully saturated rings. The first kappa shape index (κ1) is 22.7. The predicted octanol–water partition coefficient (Wildman–Crippen LogP) is 2.21. The van der Waals surface area contributed by atoms with Gasteiger partial charge in [-0.1, -0.05) is 6.07 Å². The van der Waals surface area contributed by atoms with E-state index in [9.17, 15) is 5.11 Å². The molecule has 3 aromatic rings. The van der Waals surface area contributed by atoms with Crippen LogP contribution in [0.4, 0.5) is 11.6 Å². The minimum absolute atomic E-state index is 0.281. The Morgan fingerprint density at radius 2 is 1.53 bits per heavy atom. The van der Waals surface area contributed by atoms with Gasteiger partial charge in [0.1, 0.15) is 0 Å². The summed E-state index contributed by atoms with van der Waals surface area (Å²) in [6.07, 6.45) is 7.40. The van der Waals surface area contributed by atoms with Crippen molar-refractivity contribution in [3.8, 4) is 5.82 Å². The number of aryl methyl sites for hydroxylation is 1. The second kappa shape index (κ2) is 10.1. The molecule has 3 aromatic heterocycles. The van der Waals surface area contributed by atoms with Crippen molar-refractivity contribution in [3.05, 3.63) is 53.7 Å². The van der Waals surface area contributed by atoms with Gasteiger partial charge in [0.15, 0.2) is 17.5 Å². The summed E-state index contributed by atoms with van der Waals surface area (Å²) in [6, 6.07) is 5.91. The van der Waals surface area contributed by atoms with Crippen LogP contribution >= 0.6 is 0 Å². The van der Waals surface area contributed by atoms with Crippen molar-refractivity contribution >= 4 is 11.6 Å². The van der Waals surface area contributed by atoms with E-state index in [4.69, 9.17) is 15.1 Å². The van der Waals surface area contributed by atoms with Crippen LogP contribution in [0.25, 0.3) is 5.82 Å². The van der Waals surface area contributed by atoms with E-state index in [1.54, 1.807) is 18.6 Å². The maximum absolute atomic E-state index is 9.46. The lowest BCUT2D eigenvalue weighted by Gasteiger charge is -2.38. The monoisotopic (exact) mass is 462 g/mol. The topological polar surface area (TPSA) is 86.4 Å². The number of aliphatic hydroxyl groups is 1. The van der Waals surface area contributed by atoms with Gasteiger partial charge in [0.25, 0.3) is 0 Å². The highest BCUT2D eigenvalue weighted by atomic mass is 16.3. The van der Waals surface area contributed by atoms with Gasteiger partial charge in [0.2, 0.25) is 0 Å². The largest absolute Gasteiger partial charge is 0.396 e. The fraction of sp³-hybridized carbons (Fsp3) is 0.520. The normalized spacial score (nSPS) is 18.0. The molecule has 9 nitrogen and oxygen atoms in total. The molecule has 0 radical (unpaired) electrons. The van der Waals surface area contributed by atoms with Gasteiger partial charge in [-0.25, -0.2) is 19.6 Å². The van der Waals surface area contributed by atoms with E-state index in [0.717, 1.165) is 87.5 Å². The van der Waals surface area contributed by atoms with Crippen molar-refractivity contribution in [1.82, 2.24) is 29.6 Å². The molecular weight excluding hydrogens is 428 g/mol. The van der Waals surface area contributed by atoms with Crippen LogP contribution in [-0.2, 0) is 6.54 Å². The Balaban J connectivity index is 1.24. The third-order valence-electron chi connectivity index (χ3n) is 7.19. The van der Waals surface area contributed by atoms with E-state index >= 15 is 0 Å². The molecule has 0 saturated carbocycles. The van der Waals surface area contributed by atoms with Crippen LogP contribution in [0.1, 0.15) is 29.8 Å². The molecule has 5 rings (SSSR count). The van der Waals surface area contributed by atoms with Crippen LogP contribution in [0.2, 0.25) is 0 Å². The van der Waals surface area contributed by atoms with E-state index in [1.165, 1.54) is 5.56 Å². The minimum atomic E-state index is 0.281. The fourth-order valence-electron chi connectivity index (χ4n) is 5.04. The van der Waals surface area contributed by atoms with Crippen LogP contribution < -0.4 is 9.80 Å². The molecule has 5 heterocycles. The predicted molar refractivity (Wildman–Crippen MR) is 132 cm³/mol. The summed E-state index contributed by atoms with van der Waals surface area (Å²) in [6.45, 7) is 11.0. The first-order chi connectivity index (χ1) is 16.6. The molecule has 0 aromatic carbocycles. The Kier molecular flexibility index (Phi) is 6.73. The van der Waals surface area contributed by atoms with E-state index in [0.29, 0.717) is 5.92 Å². The highest BCUT2D eigenvalue weighted by Gasteiger charge is 2.27. The van der Waals surface area contributed by atoms with Gasteiger partial charge in [0.05, 0.1) is 5.69 Å². The summed E-state index contributed by atoms with van der Waals surface area (Å²) in [5.41, 5.74) is 3.50. The Hall–Kier alpha value is -3.04. The van der Waals surface area contributed by atoms with Gasteiger partial charge in [-0.2, -0.15) is 5.10 Å². The van der Waals surface area contributed by atoms with Gasteiger partial charge in [-0.3, -0.25) is 4.90 Å². The van der Waals surface area contributed by atoms with E-state index < -0.39 is 0 Å². The number of hydrogen-bond donors (Lipinski definition) is 1. The second-order valence-corrected chi connectivity index (χ2v) is 9.33. The Morgan fingerprint density at radius 3 is 2.15 bits per heavy atom. The number of hydrogen-bond acceptors (Lipinski definition) is 8. The third kappa shape index (κ3) is 4.63. The Labute approximate surface area is 201 Å². The van der Waals surface area contributed by atoms with Gasteiger partial charge in [-0.05, 0) is 44.7 Å². The van der Waals surface area contributed by atoms with Crippen LogP contribution in [0.5, 0.6) is 0 Å². The maximum Gasteiger partial charge on any atom is 0.172 e. The summed E-state index contributed by atoms with van der Waals surface area (Å²) in [5, 5.41) is 14.2. The molecule has 0 spiro atoms. The van der Waals surface area contributed by atoms with E-state index in [2.05, 4.69) is 33.5 Å². The lowest BCUT2D eigenvalue weighted by Crippen LogP contribution is -2.47. The molecule has 0 bridgehead atoms. The maximum atomic E-state index is 9.46. The van der Waals surface area contributed by atoms with Crippen molar-refractivity contribution in [2.45, 2.75) is 33.2 Å². The highest BCUT2D eigenvalue weighted by molar-refractivity contribution is 5.62. The summed E-state index contributed by atoms with van der Waals surface area (Å²) < 4.78 is 1.95. The molecule has 0 unspecified atom stereocenters. The number of pyridine rings is 1. The number of aromatic nitrogens is 5. The molecule has 2 saturated heterocycles. The molecular formula is C25H34N8O. The molecule has 0 amide bonds. The zero-order chi connectivity index (χ0) is 23.5. The van der Waals surface area contributed by atoms with Gasteiger partial charge < -0.3 is 14.9 Å². The molecule has 9 heteroatoms. The van der Waals surface area contributed by atoms with Crippen LogP contribution in [0.3, 0.4) is 0 Å². The van der Waals surface area contributed by atoms with Crippen LogP contribution in [0.15, 0.2) is 36.8 Å². The first-order valence-corrected chi connectivity index (χ1v) is 12.2. The summed E-state index contributed by atoms with van der Waals surface area (Å²) >= 11 is 0. The lowest BCUT2D eigenvalue weighted by molar-refractivity contribution is 0.202. The molecule has 0 aliphatic carbocycles. The highest BCUT2D eigenvalue weighted by Crippen LogP contribution is 2.29. The fourth-order valence-corrected chi connectivity index (χ4v) is 5.04. The standard InChI is InChI=1S/C25H34N8O/c1-19-22(20(2)33(29-19)23-5-3-4-8-26-23)17-30-13-15-32(16-14-30)25-24(27-9-10-28-25)31-11-6-21(18-34)7-12-31/h3-5,8-10,21,34H,6-7,11-18H2,1-2H3. The molecule has 34 heavy (non-hydrogen) atoms. The minimum Gasteiger partial charge on any atom is -0.396 e. The number of nitrogens with zero attached hydrogens (tertiary/aromatic N) is 8. The summed E-state index contributed by atoms with van der Waals surface area (Å²) in [4.78, 5) is 21.1. The van der Waals surface area contributed by atoms with Crippen LogP contribution in [0, 0.1) is 19.8 Å². The quantitative estimate of drug-likeness (QED) is 0.597. The van der Waals surface area contributed by atoms with Crippen molar-refractivity contribution in [2.75, 3.05) is 55.7 Å². The molecule has 1 N–H and O–H groups in total. The number of piperazine rings is 1. The molecule has 2 aliphatic heterocycles. The molecule has 2 aliphatic rings. The van der Waals surface area contributed by atoms with Crippen molar-refractivity contribution in [2.24, 2.45) is 5.92 Å². The number of rotatable bonds is 6. The lowest BCUT2D eigenvalue weighted by atomic mass is 9.98. The third-order valence-corrected chi connectivity index (χ3v) is 7.19.